The Kier molecular flexibility index (Phi) is 8.50. The third-order valence-electron chi connectivity index (χ3n) is 4.22. The highest BCUT2D eigenvalue weighted by molar-refractivity contribution is 7.89. The molecule has 0 fully saturated rings. The van der Waals surface area contributed by atoms with Gasteiger partial charge >= 0.3 is 0 Å². The van der Waals surface area contributed by atoms with Gasteiger partial charge in [0.1, 0.15) is 4.90 Å². The number of nitrogens with zero attached hydrogens (tertiary/aromatic N) is 1. The lowest BCUT2D eigenvalue weighted by Crippen LogP contribution is -2.34. The third kappa shape index (κ3) is 5.60. The molecule has 7 heteroatoms. The first-order valence-electron chi connectivity index (χ1n) is 8.33. The van der Waals surface area contributed by atoms with E-state index in [1.807, 2.05) is 6.92 Å². The first-order valence-corrected chi connectivity index (χ1v) is 10.6. The number of aryl methyl sites for hydroxylation is 1. The van der Waals surface area contributed by atoms with E-state index in [1.165, 1.54) is 0 Å². The molecule has 1 aromatic rings. The fourth-order valence-electron chi connectivity index (χ4n) is 2.68. The van der Waals surface area contributed by atoms with Crippen LogP contribution < -0.4 is 4.72 Å². The summed E-state index contributed by atoms with van der Waals surface area (Å²) in [7, 11) is -3.71. The Morgan fingerprint density at radius 1 is 1.21 bits per heavy atom. The van der Waals surface area contributed by atoms with E-state index in [-0.39, 0.29) is 16.0 Å². The Bertz CT molecular complexity index is 633. The van der Waals surface area contributed by atoms with Crippen LogP contribution in [0.3, 0.4) is 0 Å². The van der Waals surface area contributed by atoms with Crippen LogP contribution in [0.4, 0.5) is 0 Å². The first kappa shape index (κ1) is 21.7. The van der Waals surface area contributed by atoms with Crippen molar-refractivity contribution in [2.24, 2.45) is 0 Å². The van der Waals surface area contributed by atoms with Crippen LogP contribution in [0.1, 0.15) is 44.7 Å². The monoisotopic (exact) mass is 394 g/mol. The third-order valence-corrected chi connectivity index (χ3v) is 6.97. The molecule has 0 aliphatic rings. The quantitative estimate of drug-likeness (QED) is 0.674. The molecule has 0 aliphatic carbocycles. The van der Waals surface area contributed by atoms with Gasteiger partial charge in [-0.1, -0.05) is 37.0 Å². The second-order valence-electron chi connectivity index (χ2n) is 6.13. The number of benzene rings is 1. The Morgan fingerprint density at radius 3 is 2.33 bits per heavy atom. The summed E-state index contributed by atoms with van der Waals surface area (Å²) in [6.45, 7) is 12.5. The summed E-state index contributed by atoms with van der Waals surface area (Å²) in [6.07, 6.45) is 1.71. The van der Waals surface area contributed by atoms with Crippen molar-refractivity contribution in [2.45, 2.75) is 58.4 Å². The number of nitrogens with one attached hydrogen (secondary N) is 1. The van der Waals surface area contributed by atoms with Crippen LogP contribution >= 0.6 is 23.2 Å². The Hall–Kier alpha value is -0.330. The number of rotatable bonds is 9. The van der Waals surface area contributed by atoms with Gasteiger partial charge in [-0.3, -0.25) is 0 Å². The predicted octanol–water partition coefficient (Wildman–Crippen LogP) is 4.40. The van der Waals surface area contributed by atoms with Crippen LogP contribution in [0.2, 0.25) is 10.0 Å². The molecule has 1 N–H and O–H groups in total. The molecule has 1 rings (SSSR count). The minimum atomic E-state index is -3.71. The summed E-state index contributed by atoms with van der Waals surface area (Å²) in [5, 5.41) is 0.645. The zero-order valence-electron chi connectivity index (χ0n) is 15.1. The Morgan fingerprint density at radius 2 is 1.79 bits per heavy atom. The van der Waals surface area contributed by atoms with E-state index in [1.54, 1.807) is 19.9 Å². The van der Waals surface area contributed by atoms with Gasteiger partial charge in [0.15, 0.2) is 0 Å². The molecule has 0 bridgehead atoms. The van der Waals surface area contributed by atoms with Crippen LogP contribution in [0, 0.1) is 13.8 Å². The molecule has 0 saturated heterocycles. The average Bonchev–Trinajstić information content (AvgIpc) is 2.49. The normalized spacial score (nSPS) is 13.5. The van der Waals surface area contributed by atoms with E-state index in [0.717, 1.165) is 32.5 Å². The number of hydrogen-bond donors (Lipinski definition) is 1. The zero-order chi connectivity index (χ0) is 18.5. The summed E-state index contributed by atoms with van der Waals surface area (Å²) in [5.74, 6) is 0. The van der Waals surface area contributed by atoms with Crippen LogP contribution in [-0.2, 0) is 10.0 Å². The largest absolute Gasteiger partial charge is 0.304 e. The number of halogens is 2. The van der Waals surface area contributed by atoms with E-state index in [2.05, 4.69) is 23.5 Å². The van der Waals surface area contributed by atoms with E-state index in [9.17, 15) is 8.42 Å². The molecule has 0 heterocycles. The van der Waals surface area contributed by atoms with Crippen LogP contribution in [0.25, 0.3) is 0 Å². The molecule has 0 radical (unpaired) electrons. The molecule has 1 aromatic carbocycles. The summed E-state index contributed by atoms with van der Waals surface area (Å²) >= 11 is 12.4. The maximum absolute atomic E-state index is 12.7. The van der Waals surface area contributed by atoms with Crippen molar-refractivity contribution >= 4 is 33.2 Å². The van der Waals surface area contributed by atoms with Gasteiger partial charge in [0.05, 0.1) is 5.02 Å². The minimum Gasteiger partial charge on any atom is -0.304 e. The molecular weight excluding hydrogens is 367 g/mol. The van der Waals surface area contributed by atoms with E-state index in [4.69, 9.17) is 23.2 Å². The lowest BCUT2D eigenvalue weighted by atomic mass is 10.2. The van der Waals surface area contributed by atoms with Crippen LogP contribution in [0.5, 0.6) is 0 Å². The smallest absolute Gasteiger partial charge is 0.242 e. The maximum Gasteiger partial charge on any atom is 0.242 e. The van der Waals surface area contributed by atoms with Crippen molar-refractivity contribution in [3.63, 3.8) is 0 Å². The fourth-order valence-corrected chi connectivity index (χ4v) is 5.17. The van der Waals surface area contributed by atoms with Crippen molar-refractivity contribution in [1.82, 2.24) is 9.62 Å². The molecule has 24 heavy (non-hydrogen) atoms. The highest BCUT2D eigenvalue weighted by Gasteiger charge is 2.25. The summed E-state index contributed by atoms with van der Waals surface area (Å²) in [5.41, 5.74) is 1.14. The van der Waals surface area contributed by atoms with Crippen LogP contribution in [-0.4, -0.2) is 39.0 Å². The maximum atomic E-state index is 12.7. The van der Waals surface area contributed by atoms with Crippen molar-refractivity contribution < 1.29 is 8.42 Å². The standard InChI is InChI=1S/C17H28Cl2N2O2S/c1-6-21(7-2)10-8-9-13(4)20-24(22,23)17-14(5)15(18)11-12(3)16(17)19/h11,13,20H,6-10H2,1-5H3/t13-/m0/s1. The molecule has 0 unspecified atom stereocenters. The van der Waals surface area contributed by atoms with Crippen LogP contribution in [0.15, 0.2) is 11.0 Å². The highest BCUT2D eigenvalue weighted by atomic mass is 35.5. The summed E-state index contributed by atoms with van der Waals surface area (Å²) < 4.78 is 28.2. The SMILES string of the molecule is CCN(CC)CCC[C@H](C)NS(=O)(=O)c1c(C)c(Cl)cc(C)c1Cl. The zero-order valence-corrected chi connectivity index (χ0v) is 17.4. The van der Waals surface area contributed by atoms with E-state index < -0.39 is 10.0 Å². The van der Waals surface area contributed by atoms with Crippen molar-refractivity contribution in [2.75, 3.05) is 19.6 Å². The second-order valence-corrected chi connectivity index (χ2v) is 8.57. The molecule has 0 aromatic heterocycles. The Labute approximate surface area is 156 Å². The molecule has 1 atom stereocenters. The molecular formula is C17H28Cl2N2O2S. The van der Waals surface area contributed by atoms with Gasteiger partial charge in [-0.25, -0.2) is 13.1 Å². The van der Waals surface area contributed by atoms with E-state index >= 15 is 0 Å². The van der Waals surface area contributed by atoms with Gasteiger partial charge in [0.25, 0.3) is 0 Å². The number of sulfonamides is 1. The van der Waals surface area contributed by atoms with Gasteiger partial charge in [-0.2, -0.15) is 0 Å². The number of hydrogen-bond acceptors (Lipinski definition) is 3. The van der Waals surface area contributed by atoms with E-state index in [0.29, 0.717) is 16.1 Å². The fraction of sp³-hybridized carbons (Fsp3) is 0.647. The van der Waals surface area contributed by atoms with Gasteiger partial charge < -0.3 is 4.90 Å². The Balaban J connectivity index is 2.84. The predicted molar refractivity (Wildman–Crippen MR) is 103 cm³/mol. The lowest BCUT2D eigenvalue weighted by Gasteiger charge is -2.20. The second kappa shape index (κ2) is 9.39. The minimum absolute atomic E-state index is 0.0877. The van der Waals surface area contributed by atoms with Gasteiger partial charge in [-0.05, 0) is 70.4 Å². The molecule has 0 saturated carbocycles. The summed E-state index contributed by atoms with van der Waals surface area (Å²) in [4.78, 5) is 2.41. The summed E-state index contributed by atoms with van der Waals surface area (Å²) in [6, 6.07) is 1.52. The molecule has 138 valence electrons. The molecule has 0 amide bonds. The van der Waals surface area contributed by atoms with Gasteiger partial charge in [-0.15, -0.1) is 0 Å². The first-order chi connectivity index (χ1) is 11.1. The van der Waals surface area contributed by atoms with Gasteiger partial charge in [0.2, 0.25) is 10.0 Å². The van der Waals surface area contributed by atoms with Crippen molar-refractivity contribution in [1.29, 1.82) is 0 Å². The highest BCUT2D eigenvalue weighted by Crippen LogP contribution is 2.33. The van der Waals surface area contributed by atoms with Gasteiger partial charge in [0, 0.05) is 11.1 Å². The lowest BCUT2D eigenvalue weighted by molar-refractivity contribution is 0.293. The van der Waals surface area contributed by atoms with Crippen molar-refractivity contribution in [3.05, 3.63) is 27.2 Å². The van der Waals surface area contributed by atoms with Crippen molar-refractivity contribution in [3.8, 4) is 0 Å². The molecule has 4 nitrogen and oxygen atoms in total. The molecule has 0 aliphatic heterocycles. The average molecular weight is 395 g/mol. The molecule has 0 spiro atoms. The topological polar surface area (TPSA) is 49.4 Å².